The van der Waals surface area contributed by atoms with Crippen LogP contribution in [0.4, 0.5) is 24.8 Å². The molecule has 3 heterocycles. The van der Waals surface area contributed by atoms with Gasteiger partial charge >= 0.3 is 5.76 Å². The third-order valence-electron chi connectivity index (χ3n) is 5.06. The molecule has 0 spiro atoms. The zero-order valence-corrected chi connectivity index (χ0v) is 20.0. The predicted octanol–water partition coefficient (Wildman–Crippen LogP) is 4.61. The number of aryl methyl sites for hydroxylation is 2. The number of piperidine rings is 1. The lowest BCUT2D eigenvalue weighted by atomic mass is 10.1. The van der Waals surface area contributed by atoms with Crippen molar-refractivity contribution in [3.63, 3.8) is 0 Å². The Morgan fingerprint density at radius 2 is 2.12 bits per heavy atom. The smallest absolute Gasteiger partial charge is 0.330 e. The molecule has 4 rings (SSSR count). The second-order valence-electron chi connectivity index (χ2n) is 7.68. The molecule has 2 atom stereocenters. The van der Waals surface area contributed by atoms with Crippen LogP contribution in [0, 0.1) is 19.7 Å². The molecule has 1 fully saturated rings. The minimum atomic E-state index is -3.14. The van der Waals surface area contributed by atoms with E-state index in [4.69, 9.17) is 4.74 Å². The zero-order valence-electron chi connectivity index (χ0n) is 18.4. The monoisotopic (exact) mass is 512 g/mol. The molecule has 1 saturated heterocycles. The highest BCUT2D eigenvalue weighted by molar-refractivity contribution is 7.86. The molecule has 1 aliphatic heterocycles. The maximum atomic E-state index is 14.5. The van der Waals surface area contributed by atoms with Crippen LogP contribution < -0.4 is 20.1 Å². The van der Waals surface area contributed by atoms with Crippen molar-refractivity contribution in [3.8, 4) is 22.2 Å². The van der Waals surface area contributed by atoms with Gasteiger partial charge in [0.1, 0.15) is 10.6 Å². The van der Waals surface area contributed by atoms with Gasteiger partial charge in [-0.1, -0.05) is 0 Å². The molecule has 3 N–H and O–H groups in total. The number of alkyl halides is 2. The van der Waals surface area contributed by atoms with E-state index in [2.05, 4.69) is 25.6 Å². The topological polar surface area (TPSA) is 101 Å². The molecule has 0 radical (unpaired) electrons. The normalized spacial score (nSPS) is 16.9. The molecule has 8 nitrogen and oxygen atoms in total. The number of aromatic nitrogens is 3. The van der Waals surface area contributed by atoms with Crippen LogP contribution in [0.25, 0.3) is 10.6 Å². The van der Waals surface area contributed by atoms with E-state index < -0.39 is 22.6 Å². The molecule has 0 amide bonds. The Balaban J connectivity index is 1.57. The Morgan fingerprint density at radius 3 is 2.85 bits per heavy atom. The van der Waals surface area contributed by atoms with E-state index in [1.807, 2.05) is 11.6 Å². The Bertz CT molecular complexity index is 1190. The Kier molecular flexibility index (Phi) is 7.63. The van der Waals surface area contributed by atoms with Gasteiger partial charge in [0.25, 0.3) is 0 Å². The fraction of sp³-hybridized carbons (Fsp3) is 0.381. The lowest BCUT2D eigenvalue weighted by Gasteiger charge is -2.23. The van der Waals surface area contributed by atoms with Gasteiger partial charge in [-0.15, -0.1) is 11.3 Å². The summed E-state index contributed by atoms with van der Waals surface area (Å²) in [6.07, 6.45) is 3.75. The molecule has 34 heavy (non-hydrogen) atoms. The van der Waals surface area contributed by atoms with Gasteiger partial charge in [-0.05, 0) is 50.9 Å². The van der Waals surface area contributed by atoms with Crippen LogP contribution in [-0.2, 0) is 11.0 Å². The molecular formula is C21H23F3N6O2S2. The molecule has 2 aromatic heterocycles. The van der Waals surface area contributed by atoms with Crippen molar-refractivity contribution in [3.05, 3.63) is 40.8 Å². The second kappa shape index (κ2) is 10.7. The zero-order chi connectivity index (χ0) is 24.2. The number of nitrogens with one attached hydrogen (secondary N) is 3. The van der Waals surface area contributed by atoms with Crippen molar-refractivity contribution >= 4 is 34.0 Å². The molecule has 0 aliphatic carbocycles. The Hall–Kier alpha value is -2.77. The number of nitrogens with zero attached hydrogens (tertiary/aromatic N) is 3. The van der Waals surface area contributed by atoms with Crippen molar-refractivity contribution in [2.45, 2.75) is 38.5 Å². The molecule has 182 valence electrons. The number of hydrogen-bond acceptors (Lipinski definition) is 8. The van der Waals surface area contributed by atoms with E-state index in [0.717, 1.165) is 37.0 Å². The fourth-order valence-electron chi connectivity index (χ4n) is 3.46. The van der Waals surface area contributed by atoms with Crippen LogP contribution in [-0.4, -0.2) is 44.0 Å². The summed E-state index contributed by atoms with van der Waals surface area (Å²) in [5.74, 6) is -3.13. The van der Waals surface area contributed by atoms with Crippen molar-refractivity contribution in [2.24, 2.45) is 0 Å². The van der Waals surface area contributed by atoms with Crippen LogP contribution in [0.1, 0.15) is 23.4 Å². The Labute approximate surface area is 201 Å². The highest BCUT2D eigenvalue weighted by atomic mass is 32.2. The summed E-state index contributed by atoms with van der Waals surface area (Å²) in [6, 6.07) is 4.28. The van der Waals surface area contributed by atoms with Crippen LogP contribution in [0.2, 0.25) is 0 Å². The number of anilines is 2. The number of hydrogen-bond donors (Lipinski definition) is 3. The molecule has 0 bridgehead atoms. The van der Waals surface area contributed by atoms with Gasteiger partial charge in [-0.3, -0.25) is 4.72 Å². The molecular weight excluding hydrogens is 489 g/mol. The minimum Gasteiger partial charge on any atom is -0.437 e. The summed E-state index contributed by atoms with van der Waals surface area (Å²) in [5, 5.41) is 7.39. The van der Waals surface area contributed by atoms with Gasteiger partial charge in [0.05, 0.1) is 16.4 Å². The highest BCUT2D eigenvalue weighted by Crippen LogP contribution is 2.39. The van der Waals surface area contributed by atoms with Crippen LogP contribution >= 0.6 is 11.3 Å². The molecule has 13 heteroatoms. The summed E-state index contributed by atoms with van der Waals surface area (Å²) >= 11 is 1.37. The quantitative estimate of drug-likeness (QED) is 0.405. The second-order valence-corrected chi connectivity index (χ2v) is 10.0. The van der Waals surface area contributed by atoms with Gasteiger partial charge in [0.2, 0.25) is 11.8 Å². The highest BCUT2D eigenvalue weighted by Gasteiger charge is 2.20. The molecule has 3 aromatic rings. The van der Waals surface area contributed by atoms with E-state index >= 15 is 0 Å². The van der Waals surface area contributed by atoms with Crippen molar-refractivity contribution < 1.29 is 22.1 Å². The van der Waals surface area contributed by atoms with Crippen molar-refractivity contribution in [2.75, 3.05) is 23.1 Å². The van der Waals surface area contributed by atoms with Gasteiger partial charge in [0.15, 0.2) is 16.8 Å². The molecule has 2 unspecified atom stereocenters. The number of benzene rings is 1. The predicted molar refractivity (Wildman–Crippen MR) is 126 cm³/mol. The summed E-state index contributed by atoms with van der Waals surface area (Å²) in [4.78, 5) is 14.0. The van der Waals surface area contributed by atoms with Crippen LogP contribution in [0.15, 0.2) is 24.4 Å². The lowest BCUT2D eigenvalue weighted by Crippen LogP contribution is -2.38. The van der Waals surface area contributed by atoms with E-state index in [0.29, 0.717) is 22.1 Å². The number of halogens is 3. The summed E-state index contributed by atoms with van der Waals surface area (Å²) in [5.41, 5.74) is 0.745. The van der Waals surface area contributed by atoms with E-state index in [1.165, 1.54) is 17.4 Å². The fourth-order valence-corrected chi connectivity index (χ4v) is 4.74. The van der Waals surface area contributed by atoms with Crippen molar-refractivity contribution in [1.29, 1.82) is 0 Å². The summed E-state index contributed by atoms with van der Waals surface area (Å²) < 4.78 is 58.8. The first-order valence-corrected chi connectivity index (χ1v) is 12.5. The standard InChI is InChI=1S/C21H23F3N6O2S2/c1-11-8-16(30-34(31)20(23)24)14(22)9-17(11)32-19-18(33-12(2)27-19)15-5-7-26-21(29-15)28-13-4-3-6-25-10-13/h5,7-9,13,20,25,30H,3-4,6,10H2,1-2H3,(H,26,28,29). The summed E-state index contributed by atoms with van der Waals surface area (Å²) in [7, 11) is -2.72. The number of ether oxygens (including phenoxy) is 1. The average molecular weight is 513 g/mol. The first-order chi connectivity index (χ1) is 16.3. The van der Waals surface area contributed by atoms with E-state index in [-0.39, 0.29) is 23.4 Å². The van der Waals surface area contributed by atoms with Gasteiger partial charge in [-0.25, -0.2) is 23.6 Å². The van der Waals surface area contributed by atoms with Crippen molar-refractivity contribution in [1.82, 2.24) is 20.3 Å². The maximum Gasteiger partial charge on any atom is 0.330 e. The molecule has 1 aliphatic rings. The SMILES string of the molecule is Cc1nc(Oc2cc(F)c(NS(=O)C(F)F)cc2C)c(-c2ccnc(NC3CCCNC3)n2)s1. The first-order valence-electron chi connectivity index (χ1n) is 10.5. The lowest BCUT2D eigenvalue weighted by molar-refractivity contribution is 0.244. The maximum absolute atomic E-state index is 14.5. The third kappa shape index (κ3) is 5.83. The molecule has 0 saturated carbocycles. The van der Waals surface area contributed by atoms with E-state index in [1.54, 1.807) is 19.2 Å². The van der Waals surface area contributed by atoms with Crippen LogP contribution in [0.3, 0.4) is 0 Å². The molecule has 1 aromatic carbocycles. The summed E-state index contributed by atoms with van der Waals surface area (Å²) in [6.45, 7) is 5.27. The van der Waals surface area contributed by atoms with Gasteiger partial charge < -0.3 is 15.4 Å². The average Bonchev–Trinajstić information content (AvgIpc) is 3.18. The minimum absolute atomic E-state index is 0.151. The van der Waals surface area contributed by atoms with E-state index in [9.17, 15) is 17.4 Å². The first kappa shape index (κ1) is 24.4. The van der Waals surface area contributed by atoms with Crippen LogP contribution in [0.5, 0.6) is 11.6 Å². The van der Waals surface area contributed by atoms with Gasteiger partial charge in [0, 0.05) is 24.8 Å². The third-order valence-corrected chi connectivity index (χ3v) is 6.78. The largest absolute Gasteiger partial charge is 0.437 e. The van der Waals surface area contributed by atoms with Gasteiger partial charge in [-0.2, -0.15) is 8.78 Å². The Morgan fingerprint density at radius 1 is 1.29 bits per heavy atom. The number of rotatable bonds is 8. The number of thiazole rings is 1.